The molecule has 3 fully saturated rings. The molecule has 0 saturated heterocycles. The fraction of sp³-hybridized carbons (Fsp3) is 0.885. The molecule has 1 N–H and O–H groups in total. The average Bonchev–Trinajstić information content (AvgIpc) is 3.49. The molecule has 0 heterocycles. The molecule has 3 atom stereocenters. The minimum atomic E-state index is -5.99. The molecule has 242 valence electrons. The maximum absolute atomic E-state index is 14.2. The highest BCUT2D eigenvalue weighted by atomic mass is 19.4. The highest BCUT2D eigenvalue weighted by Gasteiger charge is 2.78. The van der Waals surface area contributed by atoms with Crippen LogP contribution in [0.1, 0.15) is 64.2 Å². The van der Waals surface area contributed by atoms with Gasteiger partial charge in [-0.05, 0) is 76.0 Å². The lowest BCUT2D eigenvalue weighted by atomic mass is 9.74. The molecule has 0 aromatic heterocycles. The van der Waals surface area contributed by atoms with Crippen molar-refractivity contribution in [3.63, 3.8) is 0 Å². The first-order valence-electron chi connectivity index (χ1n) is 13.7. The Kier molecular flexibility index (Phi) is 8.71. The number of esters is 1. The van der Waals surface area contributed by atoms with Gasteiger partial charge in [0, 0.05) is 11.8 Å². The Morgan fingerprint density at radius 3 is 1.43 bits per heavy atom. The van der Waals surface area contributed by atoms with Gasteiger partial charge >= 0.3 is 36.3 Å². The number of carbonyl (C=O) groups is 1. The normalized spacial score (nSPS) is 33.2. The van der Waals surface area contributed by atoms with Gasteiger partial charge in [0.25, 0.3) is 5.60 Å². The first-order chi connectivity index (χ1) is 19.1. The first kappa shape index (κ1) is 33.2. The van der Waals surface area contributed by atoms with Crippen molar-refractivity contribution < 1.29 is 72.1 Å². The molecule has 4 aliphatic carbocycles. The topological polar surface area (TPSA) is 55.8 Å². The maximum Gasteiger partial charge on any atom is 0.437 e. The molecular formula is C26H30F12O4. The molecule has 4 rings (SSSR count). The minimum Gasteiger partial charge on any atom is -0.439 e. The number of allylic oxidation sites excluding steroid dienone is 2. The SMILES string of the molecule is O=C(OC(C1CCC(OC2CCC(C(O)(C(F)(F)F)C(F)(F)F)CC2)CC1)(C(F)(F)F)C(F)(F)F)C1CC2C=CC1C2. The van der Waals surface area contributed by atoms with Gasteiger partial charge < -0.3 is 14.6 Å². The predicted molar refractivity (Wildman–Crippen MR) is 119 cm³/mol. The third-order valence-corrected chi connectivity index (χ3v) is 9.45. The zero-order valence-corrected chi connectivity index (χ0v) is 22.0. The summed E-state index contributed by atoms with van der Waals surface area (Å²) in [4.78, 5) is 12.7. The number of carbonyl (C=O) groups excluding carboxylic acids is 1. The summed E-state index contributed by atoms with van der Waals surface area (Å²) in [6.45, 7) is 0. The second-order valence-corrected chi connectivity index (χ2v) is 11.9. The summed E-state index contributed by atoms with van der Waals surface area (Å²) in [7, 11) is 0. The molecule has 0 aromatic rings. The molecule has 3 unspecified atom stereocenters. The van der Waals surface area contributed by atoms with Gasteiger partial charge in [-0.3, -0.25) is 4.79 Å². The van der Waals surface area contributed by atoms with Crippen LogP contribution in [0.4, 0.5) is 52.7 Å². The van der Waals surface area contributed by atoms with Crippen molar-refractivity contribution in [2.75, 3.05) is 0 Å². The van der Waals surface area contributed by atoms with Gasteiger partial charge in [0.1, 0.15) is 0 Å². The summed E-state index contributed by atoms with van der Waals surface area (Å²) in [5.74, 6) is -7.67. The van der Waals surface area contributed by atoms with Crippen LogP contribution in [0, 0.1) is 29.6 Å². The molecule has 2 bridgehead atoms. The lowest BCUT2D eigenvalue weighted by molar-refractivity contribution is -0.389. The summed E-state index contributed by atoms with van der Waals surface area (Å²) in [6, 6.07) is 0. The van der Waals surface area contributed by atoms with Crippen molar-refractivity contribution in [2.24, 2.45) is 29.6 Å². The van der Waals surface area contributed by atoms with Crippen molar-refractivity contribution in [2.45, 2.75) is 112 Å². The Morgan fingerprint density at radius 1 is 0.619 bits per heavy atom. The van der Waals surface area contributed by atoms with Gasteiger partial charge in [-0.25, -0.2) is 0 Å². The van der Waals surface area contributed by atoms with Crippen LogP contribution >= 0.6 is 0 Å². The lowest BCUT2D eigenvalue weighted by Crippen LogP contribution is -2.65. The van der Waals surface area contributed by atoms with Crippen LogP contribution in [0.2, 0.25) is 0 Å². The third-order valence-electron chi connectivity index (χ3n) is 9.45. The summed E-state index contributed by atoms with van der Waals surface area (Å²) >= 11 is 0. The van der Waals surface area contributed by atoms with Crippen molar-refractivity contribution in [3.8, 4) is 0 Å². The van der Waals surface area contributed by atoms with Gasteiger partial charge in [0.15, 0.2) is 0 Å². The minimum absolute atomic E-state index is 0.0952. The van der Waals surface area contributed by atoms with Crippen LogP contribution in [0.5, 0.6) is 0 Å². The largest absolute Gasteiger partial charge is 0.439 e. The monoisotopic (exact) mass is 634 g/mol. The molecule has 0 amide bonds. The van der Waals surface area contributed by atoms with E-state index >= 15 is 0 Å². The standard InChI is InChI=1S/C26H30F12O4/c27-23(28,29)21(40,24(30,31)32)15-3-7-17(8-4-15)41-18-9-5-16(6-10-18)22(25(33,34)35,26(36,37)38)42-20(39)19-12-13-1-2-14(19)11-13/h1-2,13-19,40H,3-12H2. The molecule has 0 aliphatic heterocycles. The van der Waals surface area contributed by atoms with E-state index in [9.17, 15) is 62.6 Å². The van der Waals surface area contributed by atoms with E-state index in [1.54, 1.807) is 12.2 Å². The van der Waals surface area contributed by atoms with Crippen molar-refractivity contribution in [3.05, 3.63) is 12.2 Å². The van der Waals surface area contributed by atoms with Crippen LogP contribution < -0.4 is 0 Å². The number of hydrogen-bond donors (Lipinski definition) is 1. The van der Waals surface area contributed by atoms with Crippen LogP contribution in [0.15, 0.2) is 12.2 Å². The molecular weight excluding hydrogens is 604 g/mol. The number of ether oxygens (including phenoxy) is 2. The van der Waals surface area contributed by atoms with Gasteiger partial charge in [0.2, 0.25) is 0 Å². The molecule has 0 radical (unpaired) electrons. The first-order valence-corrected chi connectivity index (χ1v) is 13.7. The number of alkyl halides is 12. The summed E-state index contributed by atoms with van der Waals surface area (Å²) in [5, 5.41) is 9.60. The Bertz CT molecular complexity index is 971. The fourth-order valence-corrected chi connectivity index (χ4v) is 7.23. The van der Waals surface area contributed by atoms with E-state index < -0.39 is 103 Å². The Morgan fingerprint density at radius 2 is 1.07 bits per heavy atom. The molecule has 0 aromatic carbocycles. The van der Waals surface area contributed by atoms with E-state index in [0.29, 0.717) is 6.42 Å². The molecule has 4 aliphatic rings. The van der Waals surface area contributed by atoms with Crippen LogP contribution in [0.25, 0.3) is 0 Å². The van der Waals surface area contributed by atoms with E-state index in [0.717, 1.165) is 0 Å². The summed E-state index contributed by atoms with van der Waals surface area (Å²) < 4.78 is 175. The van der Waals surface area contributed by atoms with Crippen LogP contribution in [0.3, 0.4) is 0 Å². The van der Waals surface area contributed by atoms with Gasteiger partial charge in [-0.2, -0.15) is 52.7 Å². The van der Waals surface area contributed by atoms with E-state index in [1.807, 2.05) is 0 Å². The van der Waals surface area contributed by atoms with E-state index in [1.165, 1.54) is 0 Å². The Balaban J connectivity index is 1.40. The van der Waals surface area contributed by atoms with Gasteiger partial charge in [-0.1, -0.05) is 12.2 Å². The molecule has 4 nitrogen and oxygen atoms in total. The number of hydrogen-bond acceptors (Lipinski definition) is 4. The smallest absolute Gasteiger partial charge is 0.437 e. The Hall–Kier alpha value is -1.71. The number of halogens is 12. The summed E-state index contributed by atoms with van der Waals surface area (Å²) in [5.41, 5.74) is -9.67. The molecule has 3 saturated carbocycles. The second kappa shape index (κ2) is 11.0. The van der Waals surface area contributed by atoms with Crippen molar-refractivity contribution in [1.29, 1.82) is 0 Å². The zero-order chi connectivity index (χ0) is 31.5. The highest BCUT2D eigenvalue weighted by Crippen LogP contribution is 2.56. The van der Waals surface area contributed by atoms with Crippen LogP contribution in [-0.4, -0.2) is 59.2 Å². The van der Waals surface area contributed by atoms with Crippen LogP contribution in [-0.2, 0) is 14.3 Å². The summed E-state index contributed by atoms with van der Waals surface area (Å²) in [6.07, 6.45) is -26.0. The van der Waals surface area contributed by atoms with E-state index in [4.69, 9.17) is 4.74 Å². The van der Waals surface area contributed by atoms with Crippen molar-refractivity contribution >= 4 is 5.97 Å². The zero-order valence-electron chi connectivity index (χ0n) is 22.0. The van der Waals surface area contributed by atoms with Crippen molar-refractivity contribution in [1.82, 2.24) is 0 Å². The maximum atomic E-state index is 14.2. The molecule has 42 heavy (non-hydrogen) atoms. The predicted octanol–water partition coefficient (Wildman–Crippen LogP) is 7.60. The second-order valence-electron chi connectivity index (χ2n) is 11.9. The number of rotatable bonds is 6. The fourth-order valence-electron chi connectivity index (χ4n) is 7.23. The molecule has 16 heteroatoms. The Labute approximate surface area is 232 Å². The quantitative estimate of drug-likeness (QED) is 0.186. The lowest BCUT2D eigenvalue weighted by Gasteiger charge is -2.45. The third kappa shape index (κ3) is 5.74. The number of aliphatic hydroxyl groups is 1. The van der Waals surface area contributed by atoms with E-state index in [-0.39, 0.29) is 38.0 Å². The number of fused-ring (bicyclic) bond motifs is 2. The van der Waals surface area contributed by atoms with Gasteiger partial charge in [-0.15, -0.1) is 0 Å². The molecule has 0 spiro atoms. The highest BCUT2D eigenvalue weighted by molar-refractivity contribution is 5.75. The average molecular weight is 634 g/mol. The van der Waals surface area contributed by atoms with E-state index in [2.05, 4.69) is 4.74 Å². The van der Waals surface area contributed by atoms with Gasteiger partial charge in [0.05, 0.1) is 18.1 Å².